The fourth-order valence-electron chi connectivity index (χ4n) is 2.06. The van der Waals surface area contributed by atoms with Gasteiger partial charge in [-0.1, -0.05) is 26.0 Å². The van der Waals surface area contributed by atoms with Crippen molar-refractivity contribution in [2.45, 2.75) is 19.9 Å². The van der Waals surface area contributed by atoms with E-state index in [4.69, 9.17) is 0 Å². The van der Waals surface area contributed by atoms with Crippen molar-refractivity contribution in [2.75, 3.05) is 13.7 Å². The molecule has 110 valence electrons. The summed E-state index contributed by atoms with van der Waals surface area (Å²) < 4.78 is 27.2. The minimum atomic E-state index is -3.86. The summed E-state index contributed by atoms with van der Waals surface area (Å²) in [5, 5.41) is 17.0. The summed E-state index contributed by atoms with van der Waals surface area (Å²) >= 11 is 0. The van der Waals surface area contributed by atoms with Crippen LogP contribution in [-0.4, -0.2) is 51.9 Å². The summed E-state index contributed by atoms with van der Waals surface area (Å²) in [5.74, 6) is -0.0189. The van der Waals surface area contributed by atoms with Crippen LogP contribution in [0, 0.1) is 5.92 Å². The van der Waals surface area contributed by atoms with Crippen molar-refractivity contribution in [1.29, 1.82) is 0 Å². The maximum atomic E-state index is 12.6. The second-order valence-corrected chi connectivity index (χ2v) is 6.76. The van der Waals surface area contributed by atoms with Gasteiger partial charge in [0, 0.05) is 7.05 Å². The number of aromatic nitrogens is 3. The van der Waals surface area contributed by atoms with Crippen LogP contribution in [0.3, 0.4) is 0 Å². The average Bonchev–Trinajstić information content (AvgIpc) is 2.83. The van der Waals surface area contributed by atoms with Crippen molar-refractivity contribution >= 4 is 21.2 Å². The van der Waals surface area contributed by atoms with Gasteiger partial charge in [0.1, 0.15) is 11.0 Å². The molecule has 0 unspecified atom stereocenters. The number of aliphatic hydroxyl groups is 1. The van der Waals surface area contributed by atoms with E-state index in [1.807, 2.05) is 13.8 Å². The Hall–Kier alpha value is -1.51. The highest BCUT2D eigenvalue weighted by molar-refractivity contribution is 7.87. The zero-order valence-electron chi connectivity index (χ0n) is 11.6. The summed E-state index contributed by atoms with van der Waals surface area (Å²) in [6.07, 6.45) is 0. The summed E-state index contributed by atoms with van der Waals surface area (Å²) in [6.45, 7) is 3.46. The van der Waals surface area contributed by atoms with E-state index in [-0.39, 0.29) is 12.5 Å². The largest absolute Gasteiger partial charge is 0.395 e. The Labute approximate surface area is 118 Å². The molecule has 0 amide bonds. The SMILES string of the molecule is CC(C)[C@@H](CO)N(C)S(=O)(=O)n1nnc2ccccc21. The molecular weight excluding hydrogens is 280 g/mol. The van der Waals surface area contributed by atoms with Gasteiger partial charge in [0.2, 0.25) is 0 Å². The Morgan fingerprint density at radius 2 is 2.00 bits per heavy atom. The maximum Gasteiger partial charge on any atom is 0.325 e. The molecule has 7 nitrogen and oxygen atoms in total. The first kappa shape index (κ1) is 14.9. The second-order valence-electron chi connectivity index (χ2n) is 4.94. The van der Waals surface area contributed by atoms with E-state index in [0.717, 1.165) is 8.39 Å². The minimum Gasteiger partial charge on any atom is -0.395 e. The number of fused-ring (bicyclic) bond motifs is 1. The molecule has 1 heterocycles. The Morgan fingerprint density at radius 3 is 2.60 bits per heavy atom. The normalized spacial score (nSPS) is 14.3. The molecule has 0 aliphatic carbocycles. The summed E-state index contributed by atoms with van der Waals surface area (Å²) in [7, 11) is -2.43. The van der Waals surface area contributed by atoms with Crippen molar-refractivity contribution in [3.8, 4) is 0 Å². The van der Waals surface area contributed by atoms with E-state index in [1.165, 1.54) is 7.05 Å². The van der Waals surface area contributed by atoms with E-state index < -0.39 is 16.3 Å². The van der Waals surface area contributed by atoms with E-state index in [0.29, 0.717) is 11.0 Å². The number of nitrogens with zero attached hydrogens (tertiary/aromatic N) is 4. The molecule has 1 aromatic heterocycles. The van der Waals surface area contributed by atoms with Crippen LogP contribution in [-0.2, 0) is 10.2 Å². The Morgan fingerprint density at radius 1 is 1.35 bits per heavy atom. The lowest BCUT2D eigenvalue weighted by Crippen LogP contribution is -2.45. The fourth-order valence-corrected chi connectivity index (χ4v) is 3.48. The molecule has 2 rings (SSSR count). The van der Waals surface area contributed by atoms with Gasteiger partial charge < -0.3 is 5.11 Å². The molecule has 1 N–H and O–H groups in total. The number of hydrogen-bond acceptors (Lipinski definition) is 5. The van der Waals surface area contributed by atoms with Gasteiger partial charge in [-0.3, -0.25) is 0 Å². The number of aliphatic hydroxyl groups excluding tert-OH is 1. The number of para-hydroxylation sites is 1. The molecule has 1 atom stereocenters. The third-order valence-corrected chi connectivity index (χ3v) is 5.03. The van der Waals surface area contributed by atoms with Crippen molar-refractivity contribution in [3.63, 3.8) is 0 Å². The van der Waals surface area contributed by atoms with Crippen LogP contribution in [0.5, 0.6) is 0 Å². The average molecular weight is 298 g/mol. The van der Waals surface area contributed by atoms with Crippen molar-refractivity contribution in [3.05, 3.63) is 24.3 Å². The van der Waals surface area contributed by atoms with Crippen LogP contribution in [0.4, 0.5) is 0 Å². The zero-order valence-corrected chi connectivity index (χ0v) is 12.4. The highest BCUT2D eigenvalue weighted by Crippen LogP contribution is 2.18. The minimum absolute atomic E-state index is 0.0189. The van der Waals surface area contributed by atoms with Crippen LogP contribution in [0.25, 0.3) is 11.0 Å². The standard InChI is InChI=1S/C12H18N4O3S/c1-9(2)12(8-17)15(3)20(18,19)16-11-7-5-4-6-10(11)13-14-16/h4-7,9,12,17H,8H2,1-3H3/t12-/m1/s1. The lowest BCUT2D eigenvalue weighted by Gasteiger charge is -2.28. The molecule has 1 aromatic carbocycles. The number of benzene rings is 1. The summed E-state index contributed by atoms with van der Waals surface area (Å²) in [6, 6.07) is 6.32. The highest BCUT2D eigenvalue weighted by atomic mass is 32.2. The number of rotatable bonds is 5. The summed E-state index contributed by atoms with van der Waals surface area (Å²) in [5.41, 5.74) is 0.925. The van der Waals surface area contributed by atoms with Gasteiger partial charge in [-0.15, -0.1) is 9.19 Å². The topological polar surface area (TPSA) is 88.3 Å². The lowest BCUT2D eigenvalue weighted by molar-refractivity contribution is 0.166. The third kappa shape index (κ3) is 2.41. The number of hydrogen-bond donors (Lipinski definition) is 1. The molecule has 8 heteroatoms. The summed E-state index contributed by atoms with van der Waals surface area (Å²) in [4.78, 5) is 0. The first-order chi connectivity index (χ1) is 9.39. The van der Waals surface area contributed by atoms with Gasteiger partial charge in [0.05, 0.1) is 12.6 Å². The van der Waals surface area contributed by atoms with E-state index in [2.05, 4.69) is 10.3 Å². The molecular formula is C12H18N4O3S. The highest BCUT2D eigenvalue weighted by Gasteiger charge is 2.31. The predicted molar refractivity (Wildman–Crippen MR) is 75.3 cm³/mol. The van der Waals surface area contributed by atoms with Crippen LogP contribution in [0.2, 0.25) is 0 Å². The maximum absolute atomic E-state index is 12.6. The van der Waals surface area contributed by atoms with Crippen molar-refractivity contribution in [1.82, 2.24) is 18.7 Å². The molecule has 0 radical (unpaired) electrons. The van der Waals surface area contributed by atoms with Gasteiger partial charge in [0.25, 0.3) is 0 Å². The Bertz CT molecular complexity index is 696. The van der Waals surface area contributed by atoms with Crippen molar-refractivity contribution in [2.24, 2.45) is 5.92 Å². The number of likely N-dealkylation sites (N-methyl/N-ethyl adjacent to an activating group) is 1. The van der Waals surface area contributed by atoms with E-state index in [1.54, 1.807) is 24.3 Å². The van der Waals surface area contributed by atoms with Gasteiger partial charge >= 0.3 is 10.2 Å². The van der Waals surface area contributed by atoms with Gasteiger partial charge in [-0.05, 0) is 23.3 Å². The molecule has 0 aliphatic rings. The van der Waals surface area contributed by atoms with Crippen LogP contribution in [0.1, 0.15) is 13.8 Å². The van der Waals surface area contributed by atoms with Crippen LogP contribution >= 0.6 is 0 Å². The van der Waals surface area contributed by atoms with Crippen LogP contribution < -0.4 is 0 Å². The molecule has 0 aliphatic heterocycles. The Kier molecular flexibility index (Phi) is 4.07. The molecule has 20 heavy (non-hydrogen) atoms. The second kappa shape index (κ2) is 5.47. The van der Waals surface area contributed by atoms with Gasteiger partial charge in [0.15, 0.2) is 0 Å². The first-order valence-corrected chi connectivity index (χ1v) is 7.69. The molecule has 0 bridgehead atoms. The monoisotopic (exact) mass is 298 g/mol. The zero-order chi connectivity index (χ0) is 14.9. The van der Waals surface area contributed by atoms with E-state index >= 15 is 0 Å². The van der Waals surface area contributed by atoms with Gasteiger partial charge in [-0.2, -0.15) is 12.7 Å². The van der Waals surface area contributed by atoms with Crippen molar-refractivity contribution < 1.29 is 13.5 Å². The fraction of sp³-hybridized carbons (Fsp3) is 0.500. The molecule has 0 spiro atoms. The van der Waals surface area contributed by atoms with Crippen LogP contribution in [0.15, 0.2) is 24.3 Å². The lowest BCUT2D eigenvalue weighted by atomic mass is 10.1. The molecule has 0 saturated heterocycles. The third-order valence-electron chi connectivity index (χ3n) is 3.33. The first-order valence-electron chi connectivity index (χ1n) is 6.29. The molecule has 0 fully saturated rings. The van der Waals surface area contributed by atoms with E-state index in [9.17, 15) is 13.5 Å². The molecule has 2 aromatic rings. The van der Waals surface area contributed by atoms with Gasteiger partial charge in [-0.25, -0.2) is 0 Å². The predicted octanol–water partition coefficient (Wildman–Crippen LogP) is 0.473. The molecule has 0 saturated carbocycles. The smallest absolute Gasteiger partial charge is 0.325 e. The Balaban J connectivity index is 2.49. The quantitative estimate of drug-likeness (QED) is 0.867.